The summed E-state index contributed by atoms with van der Waals surface area (Å²) in [4.78, 5) is 6.66. The topological polar surface area (TPSA) is 59.9 Å². The number of anilines is 1. The Kier molecular flexibility index (Phi) is 8.71. The molecular formula is C25H35FN4O. The van der Waals surface area contributed by atoms with E-state index in [9.17, 15) is 9.50 Å². The summed E-state index contributed by atoms with van der Waals surface area (Å²) < 4.78 is 14.7. The number of piperidine rings is 1. The van der Waals surface area contributed by atoms with Gasteiger partial charge in [0.15, 0.2) is 5.96 Å². The highest BCUT2D eigenvalue weighted by Crippen LogP contribution is 2.24. The van der Waals surface area contributed by atoms with Crippen molar-refractivity contribution >= 4 is 11.6 Å². The second kappa shape index (κ2) is 11.7. The molecule has 0 bridgehead atoms. The average molecular weight is 427 g/mol. The number of nitrogens with one attached hydrogen (secondary N) is 2. The Morgan fingerprint density at radius 1 is 1.16 bits per heavy atom. The maximum atomic E-state index is 14.7. The molecule has 3 N–H and O–H groups in total. The van der Waals surface area contributed by atoms with Gasteiger partial charge < -0.3 is 20.6 Å². The molecule has 0 saturated carbocycles. The summed E-state index contributed by atoms with van der Waals surface area (Å²) >= 11 is 0. The van der Waals surface area contributed by atoms with Crippen molar-refractivity contribution in [3.05, 3.63) is 65.5 Å². The molecule has 5 nitrogen and oxygen atoms in total. The van der Waals surface area contributed by atoms with E-state index in [2.05, 4.69) is 46.8 Å². The number of aryl methyl sites for hydroxylation is 1. The second-order valence-corrected chi connectivity index (χ2v) is 8.27. The lowest BCUT2D eigenvalue weighted by atomic mass is 10.1. The van der Waals surface area contributed by atoms with Crippen LogP contribution < -0.4 is 15.5 Å². The molecule has 2 aromatic rings. The van der Waals surface area contributed by atoms with Gasteiger partial charge >= 0.3 is 0 Å². The largest absolute Gasteiger partial charge is 0.393 e. The smallest absolute Gasteiger partial charge is 0.191 e. The lowest BCUT2D eigenvalue weighted by Crippen LogP contribution is -2.42. The van der Waals surface area contributed by atoms with Crippen molar-refractivity contribution in [2.75, 3.05) is 24.5 Å². The van der Waals surface area contributed by atoms with Crippen LogP contribution in [0.5, 0.6) is 0 Å². The fraction of sp³-hybridized carbons (Fsp3) is 0.480. The van der Waals surface area contributed by atoms with Crippen molar-refractivity contribution in [2.45, 2.75) is 58.2 Å². The number of nitrogens with zero attached hydrogens (tertiary/aromatic N) is 2. The molecule has 168 valence electrons. The van der Waals surface area contributed by atoms with E-state index in [1.807, 2.05) is 30.0 Å². The Balaban J connectivity index is 1.56. The first-order chi connectivity index (χ1) is 15.0. The van der Waals surface area contributed by atoms with Crippen LogP contribution in [0.1, 0.15) is 44.2 Å². The third kappa shape index (κ3) is 7.24. The highest BCUT2D eigenvalue weighted by molar-refractivity contribution is 5.80. The summed E-state index contributed by atoms with van der Waals surface area (Å²) in [7, 11) is 0. The molecule has 2 aromatic carbocycles. The Labute approximate surface area is 185 Å². The number of hydrogen-bond donors (Lipinski definition) is 3. The summed E-state index contributed by atoms with van der Waals surface area (Å²) in [6.45, 7) is 6.74. The predicted molar refractivity (Wildman–Crippen MR) is 126 cm³/mol. The molecule has 1 atom stereocenters. The number of hydrogen-bond acceptors (Lipinski definition) is 3. The molecule has 0 aromatic heterocycles. The van der Waals surface area contributed by atoms with E-state index < -0.39 is 0 Å². The van der Waals surface area contributed by atoms with Crippen molar-refractivity contribution in [3.63, 3.8) is 0 Å². The normalized spacial score (nSPS) is 16.3. The van der Waals surface area contributed by atoms with Crippen LogP contribution in [0.15, 0.2) is 53.5 Å². The third-order valence-electron chi connectivity index (χ3n) is 5.67. The number of halogens is 1. The van der Waals surface area contributed by atoms with Crippen molar-refractivity contribution in [1.29, 1.82) is 0 Å². The first kappa shape index (κ1) is 23.1. The highest BCUT2D eigenvalue weighted by Gasteiger charge is 2.19. The van der Waals surface area contributed by atoms with Gasteiger partial charge in [0.25, 0.3) is 0 Å². The van der Waals surface area contributed by atoms with Crippen LogP contribution in [0.2, 0.25) is 0 Å². The predicted octanol–water partition coefficient (Wildman–Crippen LogP) is 3.86. The lowest BCUT2D eigenvalue weighted by Gasteiger charge is -2.31. The Bertz CT molecular complexity index is 835. The van der Waals surface area contributed by atoms with Crippen molar-refractivity contribution in [1.82, 2.24) is 10.6 Å². The van der Waals surface area contributed by atoms with Gasteiger partial charge in [0.2, 0.25) is 0 Å². The molecule has 1 aliphatic rings. The average Bonchev–Trinajstić information content (AvgIpc) is 2.78. The van der Waals surface area contributed by atoms with Gasteiger partial charge in [0, 0.05) is 25.7 Å². The standard InChI is InChI=1S/C25H35FN4O/c1-3-27-25(29-19(2)9-10-20-7-5-4-6-8-20)28-18-21-11-12-24(23(26)17-21)30-15-13-22(31)14-16-30/h4-8,11-12,17,19,22,31H,3,9-10,13-16,18H2,1-2H3,(H2,27,28,29). The number of guanidine groups is 1. The first-order valence-electron chi connectivity index (χ1n) is 11.4. The van der Waals surface area contributed by atoms with Crippen molar-refractivity contribution in [2.24, 2.45) is 4.99 Å². The Morgan fingerprint density at radius 2 is 1.90 bits per heavy atom. The highest BCUT2D eigenvalue weighted by atomic mass is 19.1. The van der Waals surface area contributed by atoms with Crippen LogP contribution >= 0.6 is 0 Å². The van der Waals surface area contributed by atoms with E-state index >= 15 is 0 Å². The van der Waals surface area contributed by atoms with Crippen LogP contribution in [0.25, 0.3) is 0 Å². The molecule has 0 spiro atoms. The van der Waals surface area contributed by atoms with Gasteiger partial charge in [-0.15, -0.1) is 0 Å². The van der Waals surface area contributed by atoms with Gasteiger partial charge in [-0.1, -0.05) is 36.4 Å². The van der Waals surface area contributed by atoms with E-state index in [0.29, 0.717) is 38.2 Å². The first-order valence-corrected chi connectivity index (χ1v) is 11.4. The molecule has 1 saturated heterocycles. The van der Waals surface area contributed by atoms with Crippen molar-refractivity contribution in [3.8, 4) is 0 Å². The second-order valence-electron chi connectivity index (χ2n) is 8.27. The summed E-state index contributed by atoms with van der Waals surface area (Å²) in [6, 6.07) is 16.1. The third-order valence-corrected chi connectivity index (χ3v) is 5.67. The van der Waals surface area contributed by atoms with E-state index in [1.165, 1.54) is 5.56 Å². The molecule has 1 aliphatic heterocycles. The zero-order valence-electron chi connectivity index (χ0n) is 18.6. The Hall–Kier alpha value is -2.60. The zero-order chi connectivity index (χ0) is 22.1. The van der Waals surface area contributed by atoms with Crippen LogP contribution in [0.3, 0.4) is 0 Å². The Morgan fingerprint density at radius 3 is 2.58 bits per heavy atom. The minimum atomic E-state index is -0.264. The molecular weight excluding hydrogens is 391 g/mol. The molecule has 31 heavy (non-hydrogen) atoms. The summed E-state index contributed by atoms with van der Waals surface area (Å²) in [5.74, 6) is 0.524. The van der Waals surface area contributed by atoms with E-state index in [0.717, 1.165) is 30.9 Å². The minimum Gasteiger partial charge on any atom is -0.393 e. The zero-order valence-corrected chi connectivity index (χ0v) is 18.6. The lowest BCUT2D eigenvalue weighted by molar-refractivity contribution is 0.145. The number of benzene rings is 2. The monoisotopic (exact) mass is 426 g/mol. The van der Waals surface area contributed by atoms with Gasteiger partial charge in [-0.25, -0.2) is 9.38 Å². The minimum absolute atomic E-state index is 0.224. The van der Waals surface area contributed by atoms with Crippen LogP contribution in [-0.4, -0.2) is 42.8 Å². The fourth-order valence-electron chi connectivity index (χ4n) is 3.84. The van der Waals surface area contributed by atoms with E-state index in [-0.39, 0.29) is 18.0 Å². The number of aliphatic imine (C=N–C) groups is 1. The van der Waals surface area contributed by atoms with Gasteiger partial charge in [-0.05, 0) is 62.8 Å². The van der Waals surface area contributed by atoms with Crippen LogP contribution in [0.4, 0.5) is 10.1 Å². The molecule has 0 aliphatic carbocycles. The molecule has 6 heteroatoms. The summed E-state index contributed by atoms with van der Waals surface area (Å²) in [5.41, 5.74) is 2.78. The maximum Gasteiger partial charge on any atom is 0.191 e. The SMILES string of the molecule is CCNC(=NCc1ccc(N2CCC(O)CC2)c(F)c1)NC(C)CCc1ccccc1. The number of aliphatic hydroxyl groups is 1. The quantitative estimate of drug-likeness (QED) is 0.443. The molecule has 1 heterocycles. The molecule has 0 radical (unpaired) electrons. The van der Waals surface area contributed by atoms with E-state index in [4.69, 9.17) is 0 Å². The van der Waals surface area contributed by atoms with E-state index in [1.54, 1.807) is 6.07 Å². The molecule has 1 unspecified atom stereocenters. The van der Waals surface area contributed by atoms with Gasteiger partial charge in [-0.3, -0.25) is 0 Å². The summed E-state index contributed by atoms with van der Waals surface area (Å²) in [5, 5.41) is 16.4. The fourth-order valence-corrected chi connectivity index (χ4v) is 3.84. The van der Waals surface area contributed by atoms with Gasteiger partial charge in [-0.2, -0.15) is 0 Å². The molecule has 0 amide bonds. The number of rotatable bonds is 8. The van der Waals surface area contributed by atoms with Gasteiger partial charge in [0.05, 0.1) is 18.3 Å². The summed E-state index contributed by atoms with van der Waals surface area (Å²) in [6.07, 6.45) is 3.12. The molecule has 3 rings (SSSR count). The molecule has 1 fully saturated rings. The maximum absolute atomic E-state index is 14.7. The van der Waals surface area contributed by atoms with Crippen molar-refractivity contribution < 1.29 is 9.50 Å². The van der Waals surface area contributed by atoms with Crippen LogP contribution in [0, 0.1) is 5.82 Å². The van der Waals surface area contributed by atoms with Crippen LogP contribution in [-0.2, 0) is 13.0 Å². The van der Waals surface area contributed by atoms with Gasteiger partial charge in [0.1, 0.15) is 5.82 Å². The number of aliphatic hydroxyl groups excluding tert-OH is 1.